The van der Waals surface area contributed by atoms with Gasteiger partial charge >= 0.3 is 0 Å². The summed E-state index contributed by atoms with van der Waals surface area (Å²) in [5, 5.41) is 0. The molecule has 144 valence electrons. The molecule has 27 heavy (non-hydrogen) atoms. The van der Waals surface area contributed by atoms with E-state index in [1.807, 2.05) is 17.9 Å². The van der Waals surface area contributed by atoms with Crippen molar-refractivity contribution in [2.75, 3.05) is 33.4 Å². The van der Waals surface area contributed by atoms with Crippen LogP contribution < -0.4 is 9.47 Å². The molecule has 2 amide bonds. The van der Waals surface area contributed by atoms with Crippen molar-refractivity contribution < 1.29 is 19.1 Å². The summed E-state index contributed by atoms with van der Waals surface area (Å²) < 4.78 is 11.9. The minimum Gasteiger partial charge on any atom is -0.490 e. The summed E-state index contributed by atoms with van der Waals surface area (Å²) >= 11 is 6.43. The normalized spacial score (nSPS) is 18.5. The van der Waals surface area contributed by atoms with Gasteiger partial charge in [-0.05, 0) is 43.5 Å². The lowest BCUT2D eigenvalue weighted by Crippen LogP contribution is -2.32. The van der Waals surface area contributed by atoms with Crippen LogP contribution in [0.3, 0.4) is 0 Å². The molecule has 0 saturated carbocycles. The zero-order valence-corrected chi connectivity index (χ0v) is 17.0. The Morgan fingerprint density at radius 2 is 2.00 bits per heavy atom. The maximum atomic E-state index is 12.2. The first-order chi connectivity index (χ1) is 13.0. The molecule has 1 aromatic carbocycles. The van der Waals surface area contributed by atoms with E-state index >= 15 is 0 Å². The summed E-state index contributed by atoms with van der Waals surface area (Å²) in [4.78, 5) is 28.2. The van der Waals surface area contributed by atoms with E-state index in [9.17, 15) is 9.59 Å². The molecule has 1 aromatic rings. The Balaban J connectivity index is 1.73. The number of likely N-dealkylation sites (N-methyl/N-ethyl adjacent to an activating group) is 1. The lowest BCUT2D eigenvalue weighted by Gasteiger charge is -2.17. The van der Waals surface area contributed by atoms with Crippen LogP contribution in [0.15, 0.2) is 23.1 Å². The zero-order chi connectivity index (χ0) is 19.4. The van der Waals surface area contributed by atoms with Crippen LogP contribution in [0.4, 0.5) is 0 Å². The standard InChI is InChI=1S/C19H22N2O4S2/c1-3-24-15-10-13(11-16-18(23)20(2)19(26)27-16)6-7-14(15)25-12-17(22)21-8-4-5-9-21/h6-7,10-11H,3-5,8-9,12H2,1-2H3. The molecule has 0 unspecified atom stereocenters. The van der Waals surface area contributed by atoms with Crippen molar-refractivity contribution in [1.82, 2.24) is 9.80 Å². The summed E-state index contributed by atoms with van der Waals surface area (Å²) in [5.41, 5.74) is 0.811. The van der Waals surface area contributed by atoms with E-state index in [0.29, 0.717) is 27.3 Å². The second-order valence-electron chi connectivity index (χ2n) is 6.26. The first-order valence-electron chi connectivity index (χ1n) is 8.88. The van der Waals surface area contributed by atoms with Crippen LogP contribution in [-0.4, -0.2) is 59.3 Å². The molecule has 0 atom stereocenters. The largest absolute Gasteiger partial charge is 0.490 e. The highest BCUT2D eigenvalue weighted by Crippen LogP contribution is 2.34. The molecule has 8 heteroatoms. The number of thioether (sulfide) groups is 1. The summed E-state index contributed by atoms with van der Waals surface area (Å²) in [6, 6.07) is 5.41. The minimum atomic E-state index is -0.112. The van der Waals surface area contributed by atoms with Crippen molar-refractivity contribution in [3.63, 3.8) is 0 Å². The molecular formula is C19H22N2O4S2. The Kier molecular flexibility index (Phi) is 6.38. The SMILES string of the molecule is CCOc1cc(C=C2SC(=S)N(C)C2=O)ccc1OCC(=O)N1CCCC1. The van der Waals surface area contributed by atoms with Gasteiger partial charge in [-0.15, -0.1) is 0 Å². The fourth-order valence-corrected chi connectivity index (χ4v) is 4.08. The molecule has 6 nitrogen and oxygen atoms in total. The first-order valence-corrected chi connectivity index (χ1v) is 10.1. The summed E-state index contributed by atoms with van der Waals surface area (Å²) in [5.74, 6) is 0.946. The van der Waals surface area contributed by atoms with Crippen molar-refractivity contribution in [3.8, 4) is 11.5 Å². The van der Waals surface area contributed by atoms with E-state index in [1.165, 1.54) is 16.7 Å². The van der Waals surface area contributed by atoms with Crippen LogP contribution >= 0.6 is 24.0 Å². The molecule has 2 aliphatic heterocycles. The number of hydrogen-bond donors (Lipinski definition) is 0. The molecule has 0 aromatic heterocycles. The van der Waals surface area contributed by atoms with E-state index < -0.39 is 0 Å². The topological polar surface area (TPSA) is 59.1 Å². The molecule has 0 radical (unpaired) electrons. The number of amides is 2. The van der Waals surface area contributed by atoms with E-state index in [0.717, 1.165) is 31.5 Å². The van der Waals surface area contributed by atoms with Crippen LogP contribution in [0.5, 0.6) is 11.5 Å². The molecule has 3 rings (SSSR count). The van der Waals surface area contributed by atoms with Gasteiger partial charge in [0.15, 0.2) is 18.1 Å². The van der Waals surface area contributed by atoms with Crippen LogP contribution in [0.2, 0.25) is 0 Å². The van der Waals surface area contributed by atoms with Gasteiger partial charge in [-0.3, -0.25) is 14.5 Å². The summed E-state index contributed by atoms with van der Waals surface area (Å²) in [6.07, 6.45) is 3.88. The Labute approximate surface area is 168 Å². The van der Waals surface area contributed by atoms with Crippen molar-refractivity contribution in [2.45, 2.75) is 19.8 Å². The molecule has 2 aliphatic rings. The molecule has 0 aliphatic carbocycles. The van der Waals surface area contributed by atoms with Gasteiger partial charge in [0, 0.05) is 20.1 Å². The highest BCUT2D eigenvalue weighted by atomic mass is 32.2. The molecule has 0 spiro atoms. The van der Waals surface area contributed by atoms with E-state index in [-0.39, 0.29) is 18.4 Å². The van der Waals surface area contributed by atoms with Gasteiger partial charge < -0.3 is 14.4 Å². The second kappa shape index (κ2) is 8.75. The average molecular weight is 407 g/mol. The Bertz CT molecular complexity index is 788. The van der Waals surface area contributed by atoms with Crippen molar-refractivity contribution in [1.29, 1.82) is 0 Å². The van der Waals surface area contributed by atoms with Gasteiger partial charge in [-0.2, -0.15) is 0 Å². The molecule has 2 fully saturated rings. The smallest absolute Gasteiger partial charge is 0.265 e. The van der Waals surface area contributed by atoms with Gasteiger partial charge in [0.25, 0.3) is 11.8 Å². The lowest BCUT2D eigenvalue weighted by molar-refractivity contribution is -0.132. The quantitative estimate of drug-likeness (QED) is 0.535. The number of carbonyl (C=O) groups is 2. The predicted molar refractivity (Wildman–Crippen MR) is 110 cm³/mol. The van der Waals surface area contributed by atoms with E-state index in [1.54, 1.807) is 25.3 Å². The number of nitrogens with zero attached hydrogens (tertiary/aromatic N) is 2. The number of thiocarbonyl (C=S) groups is 1. The number of hydrogen-bond acceptors (Lipinski definition) is 6. The fourth-order valence-electron chi connectivity index (χ4n) is 2.90. The highest BCUT2D eigenvalue weighted by Gasteiger charge is 2.28. The zero-order valence-electron chi connectivity index (χ0n) is 15.4. The second-order valence-corrected chi connectivity index (χ2v) is 7.93. The molecule has 2 saturated heterocycles. The maximum absolute atomic E-state index is 12.2. The van der Waals surface area contributed by atoms with Gasteiger partial charge in [-0.25, -0.2) is 0 Å². The van der Waals surface area contributed by atoms with E-state index in [4.69, 9.17) is 21.7 Å². The third-order valence-electron chi connectivity index (χ3n) is 4.36. The number of likely N-dealkylation sites (tertiary alicyclic amines) is 1. The number of benzene rings is 1. The average Bonchev–Trinajstić information content (AvgIpc) is 3.27. The van der Waals surface area contributed by atoms with Gasteiger partial charge in [0.1, 0.15) is 4.32 Å². The third kappa shape index (κ3) is 4.62. The summed E-state index contributed by atoms with van der Waals surface area (Å²) in [6.45, 7) is 3.95. The monoisotopic (exact) mass is 406 g/mol. The number of ether oxygens (including phenoxy) is 2. The Hall–Kier alpha value is -2.06. The van der Waals surface area contributed by atoms with Gasteiger partial charge in [-0.1, -0.05) is 30.0 Å². The number of rotatable bonds is 6. The number of carbonyl (C=O) groups excluding carboxylic acids is 2. The van der Waals surface area contributed by atoms with Crippen LogP contribution in [0, 0.1) is 0 Å². The molecular weight excluding hydrogens is 384 g/mol. The van der Waals surface area contributed by atoms with Crippen LogP contribution in [-0.2, 0) is 9.59 Å². The van der Waals surface area contributed by atoms with E-state index in [2.05, 4.69) is 0 Å². The molecule has 0 N–H and O–H groups in total. The van der Waals surface area contributed by atoms with Crippen LogP contribution in [0.25, 0.3) is 6.08 Å². The first kappa shape index (κ1) is 19.7. The van der Waals surface area contributed by atoms with Gasteiger partial charge in [0.2, 0.25) is 0 Å². The Morgan fingerprint density at radius 3 is 2.63 bits per heavy atom. The van der Waals surface area contributed by atoms with Crippen molar-refractivity contribution in [2.24, 2.45) is 0 Å². The van der Waals surface area contributed by atoms with Gasteiger partial charge in [0.05, 0.1) is 11.5 Å². The van der Waals surface area contributed by atoms with Crippen LogP contribution in [0.1, 0.15) is 25.3 Å². The summed E-state index contributed by atoms with van der Waals surface area (Å²) in [7, 11) is 1.67. The maximum Gasteiger partial charge on any atom is 0.265 e. The van der Waals surface area contributed by atoms with Crippen molar-refractivity contribution in [3.05, 3.63) is 28.7 Å². The third-order valence-corrected chi connectivity index (χ3v) is 5.85. The predicted octanol–water partition coefficient (Wildman–Crippen LogP) is 2.92. The molecule has 0 bridgehead atoms. The molecule has 2 heterocycles. The minimum absolute atomic E-state index is 0.00604. The lowest BCUT2D eigenvalue weighted by atomic mass is 10.2. The fraction of sp³-hybridized carbons (Fsp3) is 0.421. The Morgan fingerprint density at radius 1 is 1.26 bits per heavy atom. The van der Waals surface area contributed by atoms with Crippen molar-refractivity contribution >= 4 is 46.2 Å². The highest BCUT2D eigenvalue weighted by molar-refractivity contribution is 8.26.